The van der Waals surface area contributed by atoms with Crippen molar-refractivity contribution < 1.29 is 18.0 Å². The van der Waals surface area contributed by atoms with Crippen molar-refractivity contribution in [2.45, 2.75) is 31.3 Å². The van der Waals surface area contributed by atoms with E-state index in [-0.39, 0.29) is 23.7 Å². The first-order chi connectivity index (χ1) is 22.9. The van der Waals surface area contributed by atoms with Crippen LogP contribution in [-0.4, -0.2) is 65.8 Å². The lowest BCUT2D eigenvalue weighted by Crippen LogP contribution is -2.46. The average molecular weight is 637 g/mol. The number of likely N-dealkylation sites (tertiary alicyclic amines) is 1. The summed E-state index contributed by atoms with van der Waals surface area (Å²) in [4.78, 5) is 23.8. The predicted octanol–water partition coefficient (Wildman–Crippen LogP) is 5.75. The van der Waals surface area contributed by atoms with Crippen molar-refractivity contribution in [1.29, 1.82) is 0 Å². The third kappa shape index (κ3) is 6.63. The van der Waals surface area contributed by atoms with Gasteiger partial charge in [0.2, 0.25) is 0 Å². The zero-order valence-electron chi connectivity index (χ0n) is 25.3. The number of nitrogens with one attached hydrogen (secondary N) is 1. The van der Waals surface area contributed by atoms with Gasteiger partial charge in [-0.15, -0.1) is 0 Å². The lowest BCUT2D eigenvalue weighted by molar-refractivity contribution is 0.0907. The predicted molar refractivity (Wildman–Crippen MR) is 170 cm³/mol. The second-order valence-corrected chi connectivity index (χ2v) is 11.7. The molecule has 1 N–H and O–H groups in total. The van der Waals surface area contributed by atoms with Crippen molar-refractivity contribution in [2.75, 3.05) is 19.6 Å². The Morgan fingerprint density at radius 1 is 0.872 bits per heavy atom. The Balaban J connectivity index is 1.04. The van der Waals surface area contributed by atoms with E-state index < -0.39 is 11.6 Å². The van der Waals surface area contributed by atoms with Crippen molar-refractivity contribution in [3.8, 4) is 22.4 Å². The van der Waals surface area contributed by atoms with Gasteiger partial charge in [-0.05, 0) is 78.6 Å². The Morgan fingerprint density at radius 2 is 1.64 bits per heavy atom. The van der Waals surface area contributed by atoms with Crippen LogP contribution in [0.5, 0.6) is 0 Å². The van der Waals surface area contributed by atoms with Crippen LogP contribution in [0, 0.1) is 17.5 Å². The van der Waals surface area contributed by atoms with Crippen LogP contribution in [0.15, 0.2) is 98.0 Å². The first-order valence-corrected chi connectivity index (χ1v) is 15.4. The number of amides is 1. The minimum absolute atomic E-state index is 0.0365. The van der Waals surface area contributed by atoms with Gasteiger partial charge in [0, 0.05) is 67.4 Å². The average Bonchev–Trinajstić information content (AvgIpc) is 3.74. The van der Waals surface area contributed by atoms with Crippen molar-refractivity contribution in [1.82, 2.24) is 39.6 Å². The van der Waals surface area contributed by atoms with E-state index in [2.05, 4.69) is 25.3 Å². The number of carbonyl (C=O) groups is 1. The maximum atomic E-state index is 14.8. The molecule has 0 bridgehead atoms. The quantitative estimate of drug-likeness (QED) is 0.217. The molecule has 2 aromatic carbocycles. The van der Waals surface area contributed by atoms with Crippen LogP contribution in [0.4, 0.5) is 13.2 Å². The van der Waals surface area contributed by atoms with Gasteiger partial charge in [-0.2, -0.15) is 10.2 Å². The maximum absolute atomic E-state index is 14.8. The van der Waals surface area contributed by atoms with Gasteiger partial charge in [0.15, 0.2) is 0 Å². The second-order valence-electron chi connectivity index (χ2n) is 11.7. The zero-order chi connectivity index (χ0) is 32.3. The number of fused-ring (bicyclic) bond motifs is 1. The molecule has 1 fully saturated rings. The van der Waals surface area contributed by atoms with E-state index in [1.54, 1.807) is 52.3 Å². The van der Waals surface area contributed by atoms with E-state index in [0.29, 0.717) is 43.0 Å². The van der Waals surface area contributed by atoms with E-state index in [1.807, 2.05) is 18.2 Å². The van der Waals surface area contributed by atoms with Crippen LogP contribution in [0.2, 0.25) is 0 Å². The van der Waals surface area contributed by atoms with Crippen LogP contribution in [0.1, 0.15) is 34.7 Å². The molecule has 0 spiro atoms. The number of nitrogens with zero attached hydrogens (tertiary/aromatic N) is 7. The largest absolute Gasteiger partial charge is 0.349 e. The summed E-state index contributed by atoms with van der Waals surface area (Å²) in [6.45, 7) is 2.36. The molecule has 6 aromatic rings. The molecule has 1 saturated heterocycles. The third-order valence-corrected chi connectivity index (χ3v) is 8.66. The lowest BCUT2D eigenvalue weighted by atomic mass is 9.95. The van der Waals surface area contributed by atoms with Crippen LogP contribution >= 0.6 is 0 Å². The molecule has 0 aliphatic carbocycles. The number of hydrogen-bond donors (Lipinski definition) is 1. The molecule has 1 unspecified atom stereocenters. The van der Waals surface area contributed by atoms with Gasteiger partial charge in [0.05, 0.1) is 17.6 Å². The number of aromatic nitrogens is 6. The standard InChI is InChI=1S/C35H31F3N8O/c36-27-4-1-24(2-5-27)34-33(23-9-13-39-14-10-23)32-8-3-25(20-46(32)43-34)35(47)42-29-11-15-44(16-12-29)18-26(19-45-22-40-21-41-45)30-7-6-28(37)17-31(30)38/h1-10,13-14,17,20-22,26,29H,11-12,15-16,18-19H2,(H,42,47). The molecule has 1 amide bonds. The summed E-state index contributed by atoms with van der Waals surface area (Å²) in [6, 6.07) is 17.3. The molecule has 1 atom stereocenters. The normalized spacial score (nSPS) is 14.8. The van der Waals surface area contributed by atoms with E-state index in [1.165, 1.54) is 30.6 Å². The minimum atomic E-state index is -0.614. The Kier molecular flexibility index (Phi) is 8.49. The van der Waals surface area contributed by atoms with Crippen LogP contribution in [-0.2, 0) is 6.54 Å². The topological polar surface area (TPSA) is 93.2 Å². The summed E-state index contributed by atoms with van der Waals surface area (Å²) < 4.78 is 45.5. The Morgan fingerprint density at radius 3 is 2.36 bits per heavy atom. The Labute approximate surface area is 268 Å². The van der Waals surface area contributed by atoms with E-state index in [9.17, 15) is 18.0 Å². The second kappa shape index (κ2) is 13.2. The summed E-state index contributed by atoms with van der Waals surface area (Å²) in [7, 11) is 0. The van der Waals surface area contributed by atoms with Gasteiger partial charge in [0.25, 0.3) is 5.91 Å². The fourth-order valence-corrected chi connectivity index (χ4v) is 6.28. The molecule has 47 heavy (non-hydrogen) atoms. The van der Waals surface area contributed by atoms with E-state index in [4.69, 9.17) is 5.10 Å². The third-order valence-electron chi connectivity index (χ3n) is 8.66. The zero-order valence-corrected chi connectivity index (χ0v) is 25.3. The number of benzene rings is 2. The highest BCUT2D eigenvalue weighted by atomic mass is 19.1. The van der Waals surface area contributed by atoms with Gasteiger partial charge in [-0.25, -0.2) is 22.7 Å². The van der Waals surface area contributed by atoms with E-state index in [0.717, 1.165) is 41.1 Å². The monoisotopic (exact) mass is 636 g/mol. The minimum Gasteiger partial charge on any atom is -0.349 e. The number of piperidine rings is 1. The van der Waals surface area contributed by atoms with Gasteiger partial charge < -0.3 is 10.2 Å². The Hall–Kier alpha value is -5.36. The first-order valence-electron chi connectivity index (χ1n) is 15.4. The molecule has 0 radical (unpaired) electrons. The molecule has 4 aromatic heterocycles. The van der Waals surface area contributed by atoms with Crippen molar-refractivity contribution in [2.24, 2.45) is 0 Å². The highest BCUT2D eigenvalue weighted by molar-refractivity contribution is 5.96. The molecule has 12 heteroatoms. The maximum Gasteiger partial charge on any atom is 0.253 e. The molecular weight excluding hydrogens is 605 g/mol. The number of halogens is 3. The van der Waals surface area contributed by atoms with Crippen LogP contribution in [0.3, 0.4) is 0 Å². The fourth-order valence-electron chi connectivity index (χ4n) is 6.28. The van der Waals surface area contributed by atoms with Crippen LogP contribution < -0.4 is 5.32 Å². The molecule has 9 nitrogen and oxygen atoms in total. The highest BCUT2D eigenvalue weighted by Gasteiger charge is 2.26. The van der Waals surface area contributed by atoms with Gasteiger partial charge in [0.1, 0.15) is 35.8 Å². The number of hydrogen-bond acceptors (Lipinski definition) is 6. The number of rotatable bonds is 9. The summed E-state index contributed by atoms with van der Waals surface area (Å²) in [5, 5.41) is 12.2. The Bertz CT molecular complexity index is 1990. The van der Waals surface area contributed by atoms with Gasteiger partial charge in [-0.3, -0.25) is 14.5 Å². The molecule has 238 valence electrons. The molecule has 7 rings (SSSR count). The smallest absolute Gasteiger partial charge is 0.253 e. The van der Waals surface area contributed by atoms with E-state index >= 15 is 0 Å². The van der Waals surface area contributed by atoms with Crippen molar-refractivity contribution in [3.63, 3.8) is 0 Å². The fraction of sp³-hybridized carbons (Fsp3) is 0.229. The van der Waals surface area contributed by atoms with Crippen LogP contribution in [0.25, 0.3) is 27.9 Å². The number of pyridine rings is 2. The number of carbonyl (C=O) groups excluding carboxylic acids is 1. The molecular formula is C35H31F3N8O. The summed E-state index contributed by atoms with van der Waals surface area (Å²) in [5.41, 5.74) is 4.90. The molecule has 5 heterocycles. The summed E-state index contributed by atoms with van der Waals surface area (Å²) in [5.74, 6) is -1.99. The molecule has 1 aliphatic rings. The van der Waals surface area contributed by atoms with Crippen molar-refractivity contribution >= 4 is 11.4 Å². The van der Waals surface area contributed by atoms with Gasteiger partial charge in [-0.1, -0.05) is 6.07 Å². The first kappa shape index (κ1) is 30.3. The highest BCUT2D eigenvalue weighted by Crippen LogP contribution is 2.35. The molecule has 0 saturated carbocycles. The van der Waals surface area contributed by atoms with Crippen molar-refractivity contribution in [3.05, 3.63) is 127 Å². The van der Waals surface area contributed by atoms with Gasteiger partial charge >= 0.3 is 0 Å². The lowest BCUT2D eigenvalue weighted by Gasteiger charge is -2.34. The summed E-state index contributed by atoms with van der Waals surface area (Å²) in [6.07, 6.45) is 9.58. The summed E-state index contributed by atoms with van der Waals surface area (Å²) >= 11 is 0. The molecule has 1 aliphatic heterocycles. The SMILES string of the molecule is O=C(NC1CCN(CC(Cn2cncn2)c2ccc(F)cc2F)CC1)c1ccc2c(-c3ccncc3)c(-c3ccc(F)cc3)nn2c1.